The maximum atomic E-state index is 14.2. The van der Waals surface area contributed by atoms with Crippen molar-refractivity contribution in [1.82, 2.24) is 5.01 Å². The fraction of sp³-hybridized carbons (Fsp3) is 0.622. The maximum absolute atomic E-state index is 14.2. The van der Waals surface area contributed by atoms with Crippen LogP contribution in [-0.4, -0.2) is 66.9 Å². The summed E-state index contributed by atoms with van der Waals surface area (Å²) in [6.45, 7) is 17.9. The number of carbonyl (C=O) groups is 1. The second kappa shape index (κ2) is 15.6. The molecule has 0 radical (unpaired) electrons. The van der Waals surface area contributed by atoms with E-state index < -0.39 is 12.1 Å². The molecule has 3 rings (SSSR count). The predicted octanol–water partition coefficient (Wildman–Crippen LogP) is 7.19. The third-order valence-corrected chi connectivity index (χ3v) is 8.88. The number of carbonyl (C=O) groups excluding carboxylic acids is 1. The summed E-state index contributed by atoms with van der Waals surface area (Å²) in [7, 11) is 3.40. The van der Waals surface area contributed by atoms with Crippen molar-refractivity contribution in [3.8, 4) is 11.5 Å². The number of rotatable bonds is 14. The number of aliphatic hydroxyl groups excluding tert-OH is 1. The number of esters is 1. The molecule has 0 saturated carbocycles. The molecule has 1 fully saturated rings. The Morgan fingerprint density at radius 1 is 1.00 bits per heavy atom. The first-order chi connectivity index (χ1) is 21.2. The van der Waals surface area contributed by atoms with Gasteiger partial charge in [0.2, 0.25) is 0 Å². The Bertz CT molecular complexity index is 1230. The molecule has 1 aliphatic heterocycles. The first-order valence-electron chi connectivity index (χ1n) is 16.3. The molecule has 1 aliphatic rings. The van der Waals surface area contributed by atoms with E-state index in [0.29, 0.717) is 24.7 Å². The van der Waals surface area contributed by atoms with Crippen molar-refractivity contribution in [2.24, 2.45) is 5.10 Å². The van der Waals surface area contributed by atoms with Crippen LogP contribution in [0.5, 0.6) is 11.5 Å². The van der Waals surface area contributed by atoms with Crippen LogP contribution < -0.4 is 9.47 Å². The Balaban J connectivity index is 2.01. The molecule has 0 aliphatic carbocycles. The van der Waals surface area contributed by atoms with Gasteiger partial charge in [-0.1, -0.05) is 85.7 Å². The van der Waals surface area contributed by atoms with Gasteiger partial charge in [0.1, 0.15) is 17.2 Å². The zero-order chi connectivity index (χ0) is 33.4. The Labute approximate surface area is 271 Å². The standard InChI is InChI=1S/C37H56N2O6/c1-11-37(12-2,43-10)32-19-16-20-39(32)38-31(21-27(40)25-44-24-26-17-14-13-15-18-26)34(41)45-33-29(35(3,4)5)22-28(42-9)23-30(33)36(6,7)8/h13-15,17-18,22-23,27,32,40H,11-12,16,19-21,24-25H2,1-10H3/b38-31-/t27-,32-/m0/s1. The second-order valence-corrected chi connectivity index (χ2v) is 14.1. The summed E-state index contributed by atoms with van der Waals surface area (Å²) < 4.78 is 23.9. The van der Waals surface area contributed by atoms with Crippen molar-refractivity contribution >= 4 is 11.7 Å². The lowest BCUT2D eigenvalue weighted by molar-refractivity contribution is -0.127. The van der Waals surface area contributed by atoms with Crippen LogP contribution in [-0.2, 0) is 31.7 Å². The highest BCUT2D eigenvalue weighted by Gasteiger charge is 2.42. The van der Waals surface area contributed by atoms with E-state index in [1.807, 2.05) is 47.5 Å². The summed E-state index contributed by atoms with van der Waals surface area (Å²) in [5.41, 5.74) is 1.82. The molecule has 8 nitrogen and oxygen atoms in total. The van der Waals surface area contributed by atoms with Crippen LogP contribution in [0.4, 0.5) is 0 Å². The highest BCUT2D eigenvalue weighted by molar-refractivity contribution is 6.37. The maximum Gasteiger partial charge on any atom is 0.360 e. The van der Waals surface area contributed by atoms with Gasteiger partial charge in [0.25, 0.3) is 0 Å². The Morgan fingerprint density at radius 2 is 1.60 bits per heavy atom. The van der Waals surface area contributed by atoms with Gasteiger partial charge in [-0.2, -0.15) is 5.10 Å². The van der Waals surface area contributed by atoms with E-state index in [9.17, 15) is 9.90 Å². The lowest BCUT2D eigenvalue weighted by Crippen LogP contribution is -2.49. The molecule has 2 aromatic rings. The largest absolute Gasteiger partial charge is 0.497 e. The monoisotopic (exact) mass is 624 g/mol. The quantitative estimate of drug-likeness (QED) is 0.135. The summed E-state index contributed by atoms with van der Waals surface area (Å²) >= 11 is 0. The van der Waals surface area contributed by atoms with Crippen LogP contribution in [0.3, 0.4) is 0 Å². The van der Waals surface area contributed by atoms with E-state index in [1.54, 1.807) is 14.2 Å². The molecule has 250 valence electrons. The minimum atomic E-state index is -0.953. The molecule has 8 heteroatoms. The van der Waals surface area contributed by atoms with Crippen LogP contribution in [0, 0.1) is 0 Å². The van der Waals surface area contributed by atoms with Gasteiger partial charge in [0, 0.05) is 31.2 Å². The van der Waals surface area contributed by atoms with E-state index in [4.69, 9.17) is 24.0 Å². The average molecular weight is 625 g/mol. The summed E-state index contributed by atoms with van der Waals surface area (Å²) in [6.07, 6.45) is 2.52. The molecular formula is C37H56N2O6. The Kier molecular flexibility index (Phi) is 12.6. The van der Waals surface area contributed by atoms with Crippen molar-refractivity contribution in [3.63, 3.8) is 0 Å². The molecule has 2 atom stereocenters. The number of hydrazone groups is 1. The Morgan fingerprint density at radius 3 is 2.11 bits per heavy atom. The summed E-state index contributed by atoms with van der Waals surface area (Å²) in [4.78, 5) is 14.2. The van der Waals surface area contributed by atoms with Gasteiger partial charge in [0.15, 0.2) is 0 Å². The van der Waals surface area contributed by atoms with Crippen LogP contribution in [0.1, 0.15) is 104 Å². The smallest absolute Gasteiger partial charge is 0.360 e. The zero-order valence-electron chi connectivity index (χ0n) is 29.2. The highest BCUT2D eigenvalue weighted by Crippen LogP contribution is 2.43. The molecule has 0 spiro atoms. The average Bonchev–Trinajstić information content (AvgIpc) is 3.46. The molecule has 1 N–H and O–H groups in total. The molecule has 0 amide bonds. The number of nitrogens with zero attached hydrogens (tertiary/aromatic N) is 2. The molecular weight excluding hydrogens is 568 g/mol. The Hall–Kier alpha value is -2.94. The van der Waals surface area contributed by atoms with Gasteiger partial charge in [-0.3, -0.25) is 5.01 Å². The van der Waals surface area contributed by atoms with Gasteiger partial charge in [-0.25, -0.2) is 4.79 Å². The number of aliphatic hydroxyl groups is 1. The lowest BCUT2D eigenvalue weighted by atomic mass is 9.79. The third-order valence-electron chi connectivity index (χ3n) is 8.88. The summed E-state index contributed by atoms with van der Waals surface area (Å²) in [6, 6.07) is 13.7. The van der Waals surface area contributed by atoms with Crippen molar-refractivity contribution in [2.75, 3.05) is 27.4 Å². The molecule has 2 aromatic carbocycles. The molecule has 0 unspecified atom stereocenters. The van der Waals surface area contributed by atoms with E-state index >= 15 is 0 Å². The van der Waals surface area contributed by atoms with Crippen LogP contribution >= 0.6 is 0 Å². The predicted molar refractivity (Wildman–Crippen MR) is 180 cm³/mol. The van der Waals surface area contributed by atoms with Gasteiger partial charge >= 0.3 is 5.97 Å². The molecule has 1 saturated heterocycles. The van der Waals surface area contributed by atoms with Gasteiger partial charge < -0.3 is 24.1 Å². The number of methoxy groups -OCH3 is 2. The first kappa shape index (κ1) is 36.5. The number of ether oxygens (including phenoxy) is 4. The second-order valence-electron chi connectivity index (χ2n) is 14.1. The van der Waals surface area contributed by atoms with Gasteiger partial charge in [-0.15, -0.1) is 0 Å². The SMILES string of the molecule is CCC(CC)(OC)[C@@H]1CCCN1/N=C(/C[C@H](O)COCc1ccccc1)C(=O)Oc1c(C(C)(C)C)cc(OC)cc1C(C)(C)C. The van der Waals surface area contributed by atoms with E-state index in [-0.39, 0.29) is 41.2 Å². The number of hydrogen-bond donors (Lipinski definition) is 1. The van der Waals surface area contributed by atoms with Crippen LogP contribution in [0.2, 0.25) is 0 Å². The van der Waals surface area contributed by atoms with E-state index in [1.165, 1.54) is 0 Å². The molecule has 1 heterocycles. The van der Waals surface area contributed by atoms with E-state index in [2.05, 4.69) is 55.4 Å². The van der Waals surface area contributed by atoms with Crippen LogP contribution in [0.25, 0.3) is 0 Å². The third kappa shape index (κ3) is 9.30. The normalized spacial score (nSPS) is 17.0. The van der Waals surface area contributed by atoms with Crippen molar-refractivity contribution in [1.29, 1.82) is 0 Å². The fourth-order valence-electron chi connectivity index (χ4n) is 6.14. The van der Waals surface area contributed by atoms with Crippen molar-refractivity contribution in [3.05, 3.63) is 59.2 Å². The summed E-state index contributed by atoms with van der Waals surface area (Å²) in [5.74, 6) is 0.633. The minimum absolute atomic E-state index is 0.00281. The van der Waals surface area contributed by atoms with E-state index in [0.717, 1.165) is 42.4 Å². The van der Waals surface area contributed by atoms with Crippen LogP contribution in [0.15, 0.2) is 47.6 Å². The molecule has 45 heavy (non-hydrogen) atoms. The minimum Gasteiger partial charge on any atom is -0.497 e. The molecule has 0 bridgehead atoms. The lowest BCUT2D eigenvalue weighted by Gasteiger charge is -2.40. The zero-order valence-corrected chi connectivity index (χ0v) is 29.2. The van der Waals surface area contributed by atoms with Gasteiger partial charge in [0.05, 0.1) is 38.1 Å². The topological polar surface area (TPSA) is 89.8 Å². The van der Waals surface area contributed by atoms with Crippen molar-refractivity contribution < 1.29 is 28.8 Å². The first-order valence-corrected chi connectivity index (χ1v) is 16.3. The summed E-state index contributed by atoms with van der Waals surface area (Å²) in [5, 5.41) is 18.0. The van der Waals surface area contributed by atoms with Gasteiger partial charge in [-0.05, 0) is 54.2 Å². The number of benzene rings is 2. The molecule has 0 aromatic heterocycles. The number of hydrogen-bond acceptors (Lipinski definition) is 8. The van der Waals surface area contributed by atoms with Crippen molar-refractivity contribution in [2.45, 2.75) is 123 Å². The fourth-order valence-corrected chi connectivity index (χ4v) is 6.14. The highest BCUT2D eigenvalue weighted by atomic mass is 16.5.